The number of piperidine rings is 1. The Hall–Kier alpha value is -2.37. The lowest BCUT2D eigenvalue weighted by Gasteiger charge is -2.42. The van der Waals surface area contributed by atoms with E-state index >= 15 is 0 Å². The Morgan fingerprint density at radius 1 is 1.19 bits per heavy atom. The number of carbonyl (C=O) groups is 1. The summed E-state index contributed by atoms with van der Waals surface area (Å²) >= 11 is 0. The molecule has 0 aromatic heterocycles. The van der Waals surface area contributed by atoms with Gasteiger partial charge in [-0.1, -0.05) is 42.5 Å². The summed E-state index contributed by atoms with van der Waals surface area (Å²) in [6.45, 7) is 1.26. The second kappa shape index (κ2) is 6.98. The smallest absolute Gasteiger partial charge is 0.227 e. The van der Waals surface area contributed by atoms with Crippen LogP contribution in [-0.2, 0) is 16.6 Å². The molecule has 1 aliphatic carbocycles. The molecule has 27 heavy (non-hydrogen) atoms. The van der Waals surface area contributed by atoms with Gasteiger partial charge in [0.25, 0.3) is 0 Å². The van der Waals surface area contributed by atoms with Crippen molar-refractivity contribution >= 4 is 5.91 Å². The van der Waals surface area contributed by atoms with Crippen LogP contribution in [0.2, 0.25) is 0 Å². The van der Waals surface area contributed by atoms with Crippen molar-refractivity contribution in [2.24, 2.45) is 5.73 Å². The van der Waals surface area contributed by atoms with Crippen molar-refractivity contribution in [1.29, 1.82) is 0 Å². The molecule has 0 radical (unpaired) electrons. The summed E-state index contributed by atoms with van der Waals surface area (Å²) in [7, 11) is 1.62. The van der Waals surface area contributed by atoms with Crippen LogP contribution < -0.4 is 10.5 Å². The van der Waals surface area contributed by atoms with Crippen molar-refractivity contribution in [3.05, 3.63) is 65.2 Å². The van der Waals surface area contributed by atoms with Crippen LogP contribution in [0.5, 0.6) is 5.75 Å². The summed E-state index contributed by atoms with van der Waals surface area (Å²) in [6.07, 6.45) is 1.20. The van der Waals surface area contributed by atoms with Crippen LogP contribution in [0.4, 0.5) is 0 Å². The minimum Gasteiger partial charge on any atom is -0.496 e. The topological polar surface area (TPSA) is 75.8 Å². The Kier molecular flexibility index (Phi) is 4.66. The van der Waals surface area contributed by atoms with Gasteiger partial charge in [-0.3, -0.25) is 4.79 Å². The quantitative estimate of drug-likeness (QED) is 0.873. The third-order valence-electron chi connectivity index (χ3n) is 6.31. The molecule has 1 saturated heterocycles. The van der Waals surface area contributed by atoms with Crippen LogP contribution in [0.1, 0.15) is 35.6 Å². The molecule has 142 valence electrons. The first-order valence-corrected chi connectivity index (χ1v) is 9.49. The fourth-order valence-corrected chi connectivity index (χ4v) is 4.76. The highest BCUT2D eigenvalue weighted by Gasteiger charge is 2.51. The lowest BCUT2D eigenvalue weighted by Crippen LogP contribution is -2.50. The average Bonchev–Trinajstić information content (AvgIpc) is 2.91. The largest absolute Gasteiger partial charge is 0.496 e. The fourth-order valence-electron chi connectivity index (χ4n) is 4.76. The summed E-state index contributed by atoms with van der Waals surface area (Å²) in [5.74, 6) is 0.838. The zero-order chi connectivity index (χ0) is 19.0. The highest BCUT2D eigenvalue weighted by molar-refractivity contribution is 5.79. The van der Waals surface area contributed by atoms with Gasteiger partial charge in [0.2, 0.25) is 5.91 Å². The van der Waals surface area contributed by atoms with Gasteiger partial charge in [0.15, 0.2) is 0 Å². The number of likely N-dealkylation sites (tertiary alicyclic amines) is 1. The molecule has 2 aliphatic rings. The molecule has 1 heterocycles. The molecule has 0 unspecified atom stereocenters. The highest BCUT2D eigenvalue weighted by atomic mass is 16.5. The van der Waals surface area contributed by atoms with E-state index in [1.807, 2.05) is 47.4 Å². The third-order valence-corrected chi connectivity index (χ3v) is 6.31. The summed E-state index contributed by atoms with van der Waals surface area (Å²) in [4.78, 5) is 14.7. The van der Waals surface area contributed by atoms with Crippen LogP contribution >= 0.6 is 0 Å². The lowest BCUT2D eigenvalue weighted by atomic mass is 9.72. The van der Waals surface area contributed by atoms with Crippen LogP contribution in [0.25, 0.3) is 0 Å². The van der Waals surface area contributed by atoms with Crippen molar-refractivity contribution in [2.75, 3.05) is 20.2 Å². The monoisotopic (exact) mass is 366 g/mol. The molecule has 1 amide bonds. The molecular weight excluding hydrogens is 340 g/mol. The van der Waals surface area contributed by atoms with Crippen LogP contribution in [0, 0.1) is 0 Å². The number of para-hydroxylation sites is 1. The van der Waals surface area contributed by atoms with Crippen LogP contribution in [0.15, 0.2) is 48.5 Å². The molecule has 1 spiro atoms. The van der Waals surface area contributed by atoms with Gasteiger partial charge in [0.05, 0.1) is 25.7 Å². The Balaban J connectivity index is 1.49. The maximum atomic E-state index is 12.8. The highest BCUT2D eigenvalue weighted by Crippen LogP contribution is 2.50. The van der Waals surface area contributed by atoms with Crippen molar-refractivity contribution in [1.82, 2.24) is 4.90 Å². The Labute approximate surface area is 159 Å². The second-order valence-corrected chi connectivity index (χ2v) is 7.58. The van der Waals surface area contributed by atoms with E-state index < -0.39 is 6.10 Å². The van der Waals surface area contributed by atoms with Gasteiger partial charge in [-0.2, -0.15) is 0 Å². The Morgan fingerprint density at radius 3 is 2.59 bits per heavy atom. The van der Waals surface area contributed by atoms with Crippen molar-refractivity contribution in [3.8, 4) is 5.75 Å². The summed E-state index contributed by atoms with van der Waals surface area (Å²) in [6, 6.07) is 15.3. The number of benzene rings is 2. The number of amides is 1. The third kappa shape index (κ3) is 2.91. The standard InChI is InChI=1S/C22H26N2O3/c1-27-18-9-5-2-6-15(18)14-19(25)24-12-10-22(11-13-24)17-8-4-3-7-16(17)20(23)21(22)26/h2-9,20-21,26H,10-14,23H2,1H3/t20-,21+/m1/s1. The van der Waals surface area contributed by atoms with E-state index in [2.05, 4.69) is 6.07 Å². The van der Waals surface area contributed by atoms with Gasteiger partial charge in [0.1, 0.15) is 5.75 Å². The molecule has 2 aromatic carbocycles. The molecule has 2 aromatic rings. The number of aliphatic hydroxyl groups excluding tert-OH is 1. The number of nitrogens with zero attached hydrogens (tertiary/aromatic N) is 1. The summed E-state index contributed by atoms with van der Waals surface area (Å²) < 4.78 is 5.36. The molecule has 1 fully saturated rings. The number of hydrogen-bond acceptors (Lipinski definition) is 4. The first-order chi connectivity index (χ1) is 13.1. The molecular formula is C22H26N2O3. The van der Waals surface area contributed by atoms with E-state index in [0.717, 1.165) is 35.3 Å². The van der Waals surface area contributed by atoms with E-state index in [0.29, 0.717) is 19.5 Å². The number of aliphatic hydroxyl groups is 1. The number of carbonyl (C=O) groups excluding carboxylic acids is 1. The van der Waals surface area contributed by atoms with Gasteiger partial charge in [-0.05, 0) is 30.0 Å². The SMILES string of the molecule is COc1ccccc1CC(=O)N1CCC2(CC1)c1ccccc1[C@@H](N)[C@@H]2O. The molecule has 0 saturated carbocycles. The van der Waals surface area contributed by atoms with Gasteiger partial charge in [-0.15, -0.1) is 0 Å². The molecule has 0 bridgehead atoms. The van der Waals surface area contributed by atoms with Gasteiger partial charge in [0, 0.05) is 24.1 Å². The number of fused-ring (bicyclic) bond motifs is 2. The maximum Gasteiger partial charge on any atom is 0.227 e. The Bertz CT molecular complexity index is 843. The second-order valence-electron chi connectivity index (χ2n) is 7.58. The molecule has 4 rings (SSSR count). The summed E-state index contributed by atoms with van der Waals surface area (Å²) in [5, 5.41) is 10.9. The van der Waals surface area contributed by atoms with Crippen molar-refractivity contribution in [3.63, 3.8) is 0 Å². The van der Waals surface area contributed by atoms with Gasteiger partial charge >= 0.3 is 0 Å². The van der Waals surface area contributed by atoms with E-state index in [4.69, 9.17) is 10.5 Å². The van der Waals surface area contributed by atoms with Gasteiger partial charge in [-0.25, -0.2) is 0 Å². The molecule has 1 aliphatic heterocycles. The predicted molar refractivity (Wildman–Crippen MR) is 104 cm³/mol. The molecule has 2 atom stereocenters. The fraction of sp³-hybridized carbons (Fsp3) is 0.409. The average molecular weight is 366 g/mol. The number of methoxy groups -OCH3 is 1. The minimum atomic E-state index is -0.596. The molecule has 5 nitrogen and oxygen atoms in total. The van der Waals surface area contributed by atoms with E-state index in [-0.39, 0.29) is 17.4 Å². The number of ether oxygens (including phenoxy) is 1. The maximum absolute atomic E-state index is 12.8. The zero-order valence-electron chi connectivity index (χ0n) is 15.6. The minimum absolute atomic E-state index is 0.0967. The molecule has 3 N–H and O–H groups in total. The van der Waals surface area contributed by atoms with E-state index in [9.17, 15) is 9.90 Å². The number of hydrogen-bond donors (Lipinski definition) is 2. The predicted octanol–water partition coefficient (Wildman–Crippen LogP) is 2.17. The van der Waals surface area contributed by atoms with E-state index in [1.54, 1.807) is 7.11 Å². The lowest BCUT2D eigenvalue weighted by molar-refractivity contribution is -0.132. The summed E-state index contributed by atoms with van der Waals surface area (Å²) in [5.41, 5.74) is 9.04. The number of rotatable bonds is 3. The van der Waals surface area contributed by atoms with Crippen molar-refractivity contribution < 1.29 is 14.6 Å². The van der Waals surface area contributed by atoms with Crippen LogP contribution in [-0.4, -0.2) is 42.2 Å². The van der Waals surface area contributed by atoms with E-state index in [1.165, 1.54) is 0 Å². The normalized spacial score (nSPS) is 23.3. The zero-order valence-corrected chi connectivity index (χ0v) is 15.6. The van der Waals surface area contributed by atoms with Crippen molar-refractivity contribution in [2.45, 2.75) is 36.8 Å². The molecule has 5 heteroatoms. The first-order valence-electron chi connectivity index (χ1n) is 9.49. The number of nitrogens with two attached hydrogens (primary N) is 1. The van der Waals surface area contributed by atoms with Crippen LogP contribution in [0.3, 0.4) is 0 Å². The first kappa shape index (κ1) is 18.0. The Morgan fingerprint density at radius 2 is 1.85 bits per heavy atom. The van der Waals surface area contributed by atoms with Gasteiger partial charge < -0.3 is 20.5 Å².